The van der Waals surface area contributed by atoms with Crippen molar-refractivity contribution in [3.8, 4) is 5.75 Å². The SMILES string of the molecule is CCOC(=O)c1ccn2cccc2c1O. The van der Waals surface area contributed by atoms with Crippen molar-refractivity contribution < 1.29 is 14.6 Å². The van der Waals surface area contributed by atoms with Crippen molar-refractivity contribution in [2.45, 2.75) is 6.92 Å². The van der Waals surface area contributed by atoms with Crippen molar-refractivity contribution in [1.82, 2.24) is 4.40 Å². The van der Waals surface area contributed by atoms with Crippen molar-refractivity contribution in [2.75, 3.05) is 6.61 Å². The van der Waals surface area contributed by atoms with Gasteiger partial charge in [-0.1, -0.05) is 0 Å². The molecule has 0 radical (unpaired) electrons. The second-order valence-electron chi connectivity index (χ2n) is 3.10. The van der Waals surface area contributed by atoms with Gasteiger partial charge in [0.2, 0.25) is 0 Å². The Morgan fingerprint density at radius 3 is 3.00 bits per heavy atom. The first-order chi connectivity index (χ1) is 7.24. The van der Waals surface area contributed by atoms with Gasteiger partial charge in [-0.05, 0) is 25.1 Å². The van der Waals surface area contributed by atoms with Crippen molar-refractivity contribution in [3.05, 3.63) is 36.2 Å². The van der Waals surface area contributed by atoms with E-state index < -0.39 is 5.97 Å². The van der Waals surface area contributed by atoms with Crippen LogP contribution in [-0.2, 0) is 4.74 Å². The molecule has 0 saturated heterocycles. The number of fused-ring (bicyclic) bond motifs is 1. The highest BCUT2D eigenvalue weighted by Crippen LogP contribution is 2.24. The van der Waals surface area contributed by atoms with E-state index >= 15 is 0 Å². The van der Waals surface area contributed by atoms with Gasteiger partial charge in [0.25, 0.3) is 0 Å². The summed E-state index contributed by atoms with van der Waals surface area (Å²) in [5.74, 6) is -0.542. The minimum Gasteiger partial charge on any atom is -0.505 e. The zero-order valence-electron chi connectivity index (χ0n) is 8.30. The summed E-state index contributed by atoms with van der Waals surface area (Å²) in [6, 6.07) is 5.07. The molecule has 0 fully saturated rings. The third kappa shape index (κ3) is 1.54. The molecule has 2 heterocycles. The van der Waals surface area contributed by atoms with Crippen LogP contribution < -0.4 is 0 Å². The Labute approximate surface area is 86.7 Å². The Morgan fingerprint density at radius 2 is 2.27 bits per heavy atom. The third-order valence-corrected chi connectivity index (χ3v) is 2.17. The summed E-state index contributed by atoms with van der Waals surface area (Å²) in [6.45, 7) is 2.02. The van der Waals surface area contributed by atoms with Crippen LogP contribution in [0.2, 0.25) is 0 Å². The maximum atomic E-state index is 11.4. The van der Waals surface area contributed by atoms with Crippen LogP contribution in [0.25, 0.3) is 5.52 Å². The molecule has 0 aliphatic heterocycles. The average Bonchev–Trinajstić information content (AvgIpc) is 2.67. The Kier molecular flexibility index (Phi) is 2.33. The van der Waals surface area contributed by atoms with E-state index in [2.05, 4.69) is 0 Å². The van der Waals surface area contributed by atoms with E-state index in [9.17, 15) is 9.90 Å². The fourth-order valence-corrected chi connectivity index (χ4v) is 1.47. The van der Waals surface area contributed by atoms with Crippen LogP contribution in [0.3, 0.4) is 0 Å². The summed E-state index contributed by atoms with van der Waals surface area (Å²) >= 11 is 0. The summed E-state index contributed by atoms with van der Waals surface area (Å²) in [5, 5.41) is 9.81. The van der Waals surface area contributed by atoms with Crippen LogP contribution >= 0.6 is 0 Å². The predicted molar refractivity (Wildman–Crippen MR) is 55.0 cm³/mol. The van der Waals surface area contributed by atoms with Gasteiger partial charge in [-0.3, -0.25) is 0 Å². The number of hydrogen-bond acceptors (Lipinski definition) is 3. The van der Waals surface area contributed by atoms with Gasteiger partial charge in [-0.15, -0.1) is 0 Å². The van der Waals surface area contributed by atoms with E-state index in [4.69, 9.17) is 4.74 Å². The van der Waals surface area contributed by atoms with Crippen LogP contribution in [0.5, 0.6) is 5.75 Å². The fourth-order valence-electron chi connectivity index (χ4n) is 1.47. The number of aromatic nitrogens is 1. The molecule has 0 spiro atoms. The van der Waals surface area contributed by atoms with Gasteiger partial charge in [-0.2, -0.15) is 0 Å². The first-order valence-corrected chi connectivity index (χ1v) is 4.69. The highest BCUT2D eigenvalue weighted by atomic mass is 16.5. The summed E-state index contributed by atoms with van der Waals surface area (Å²) in [7, 11) is 0. The summed E-state index contributed by atoms with van der Waals surface area (Å²) in [4.78, 5) is 11.4. The Morgan fingerprint density at radius 1 is 1.47 bits per heavy atom. The molecule has 0 amide bonds. The molecular formula is C11H11NO3. The van der Waals surface area contributed by atoms with Gasteiger partial charge in [0.1, 0.15) is 5.56 Å². The van der Waals surface area contributed by atoms with Crippen LogP contribution in [0.1, 0.15) is 17.3 Å². The highest BCUT2D eigenvalue weighted by Gasteiger charge is 2.14. The molecular weight excluding hydrogens is 194 g/mol. The summed E-state index contributed by atoms with van der Waals surface area (Å²) in [5.41, 5.74) is 0.795. The lowest BCUT2D eigenvalue weighted by Crippen LogP contribution is -2.05. The zero-order valence-corrected chi connectivity index (χ0v) is 8.30. The van der Waals surface area contributed by atoms with Gasteiger partial charge in [0.15, 0.2) is 5.75 Å². The Hall–Kier alpha value is -1.97. The molecule has 2 rings (SSSR count). The Balaban J connectivity index is 2.52. The molecule has 0 aliphatic rings. The summed E-state index contributed by atoms with van der Waals surface area (Å²) < 4.78 is 6.56. The molecule has 0 aliphatic carbocycles. The van der Waals surface area contributed by atoms with Gasteiger partial charge in [0.05, 0.1) is 12.1 Å². The normalized spacial score (nSPS) is 10.5. The van der Waals surface area contributed by atoms with E-state index in [1.54, 1.807) is 41.9 Å². The van der Waals surface area contributed by atoms with Crippen molar-refractivity contribution in [2.24, 2.45) is 0 Å². The van der Waals surface area contributed by atoms with Crippen LogP contribution in [0.4, 0.5) is 0 Å². The van der Waals surface area contributed by atoms with Gasteiger partial charge in [-0.25, -0.2) is 4.79 Å². The lowest BCUT2D eigenvalue weighted by molar-refractivity contribution is 0.0523. The van der Waals surface area contributed by atoms with Gasteiger partial charge in [0, 0.05) is 12.4 Å². The van der Waals surface area contributed by atoms with E-state index in [1.807, 2.05) is 0 Å². The van der Waals surface area contributed by atoms with Crippen molar-refractivity contribution in [1.29, 1.82) is 0 Å². The zero-order chi connectivity index (χ0) is 10.8. The van der Waals surface area contributed by atoms with E-state index in [0.717, 1.165) is 0 Å². The topological polar surface area (TPSA) is 50.9 Å². The highest BCUT2D eigenvalue weighted by molar-refractivity contribution is 5.95. The largest absolute Gasteiger partial charge is 0.505 e. The smallest absolute Gasteiger partial charge is 0.342 e. The minimum absolute atomic E-state index is 0.0408. The molecule has 0 saturated carbocycles. The third-order valence-electron chi connectivity index (χ3n) is 2.17. The van der Waals surface area contributed by atoms with Crippen LogP contribution in [0.15, 0.2) is 30.6 Å². The van der Waals surface area contributed by atoms with Crippen molar-refractivity contribution in [3.63, 3.8) is 0 Å². The molecule has 4 nitrogen and oxygen atoms in total. The number of pyridine rings is 1. The molecule has 15 heavy (non-hydrogen) atoms. The van der Waals surface area contributed by atoms with Crippen LogP contribution in [-0.4, -0.2) is 22.1 Å². The second-order valence-corrected chi connectivity index (χ2v) is 3.10. The fraction of sp³-hybridized carbons (Fsp3) is 0.182. The maximum Gasteiger partial charge on any atom is 0.342 e. The van der Waals surface area contributed by atoms with E-state index in [0.29, 0.717) is 12.1 Å². The monoisotopic (exact) mass is 205 g/mol. The number of carbonyl (C=O) groups is 1. The molecule has 2 aromatic rings. The molecule has 0 bridgehead atoms. The van der Waals surface area contributed by atoms with Crippen molar-refractivity contribution >= 4 is 11.5 Å². The Bertz CT molecular complexity index is 502. The molecule has 1 N–H and O–H groups in total. The lowest BCUT2D eigenvalue weighted by atomic mass is 10.2. The predicted octanol–water partition coefficient (Wildman–Crippen LogP) is 1.82. The molecule has 0 atom stereocenters. The average molecular weight is 205 g/mol. The number of esters is 1. The number of ether oxygens (including phenoxy) is 1. The van der Waals surface area contributed by atoms with E-state index in [-0.39, 0.29) is 11.3 Å². The number of hydrogen-bond donors (Lipinski definition) is 1. The molecule has 78 valence electrons. The number of aromatic hydroxyl groups is 1. The standard InChI is InChI=1S/C11H11NO3/c1-2-15-11(14)8-5-7-12-6-3-4-9(12)10(8)13/h3-7,13H,2H2,1H3. The number of rotatable bonds is 2. The van der Waals surface area contributed by atoms with Crippen LogP contribution in [0, 0.1) is 0 Å². The quantitative estimate of drug-likeness (QED) is 0.761. The first-order valence-electron chi connectivity index (χ1n) is 4.69. The van der Waals surface area contributed by atoms with E-state index in [1.165, 1.54) is 0 Å². The molecule has 2 aromatic heterocycles. The molecule has 0 unspecified atom stereocenters. The maximum absolute atomic E-state index is 11.4. The number of nitrogens with zero attached hydrogens (tertiary/aromatic N) is 1. The molecule has 0 aromatic carbocycles. The lowest BCUT2D eigenvalue weighted by Gasteiger charge is -2.05. The second kappa shape index (κ2) is 3.65. The van der Waals surface area contributed by atoms with Gasteiger partial charge >= 0.3 is 5.97 Å². The molecule has 4 heteroatoms. The first kappa shape index (κ1) is 9.58. The minimum atomic E-state index is -0.501. The summed E-state index contributed by atoms with van der Waals surface area (Å²) in [6.07, 6.45) is 3.51. The number of carbonyl (C=O) groups excluding carboxylic acids is 1. The van der Waals surface area contributed by atoms with Gasteiger partial charge < -0.3 is 14.2 Å².